The molecule has 3 rings (SSSR count). The molecule has 1 aliphatic rings. The lowest BCUT2D eigenvalue weighted by molar-refractivity contribution is -0.126. The number of nitrogens with zero attached hydrogens (tertiary/aromatic N) is 2. The van der Waals surface area contributed by atoms with Crippen LogP contribution in [0.1, 0.15) is 40.5 Å². The number of carbonyl (C=O) groups is 2. The fourth-order valence-electron chi connectivity index (χ4n) is 2.69. The summed E-state index contributed by atoms with van der Waals surface area (Å²) >= 11 is 1.08. The van der Waals surface area contributed by atoms with E-state index in [0.29, 0.717) is 10.7 Å². The van der Waals surface area contributed by atoms with Crippen molar-refractivity contribution < 1.29 is 18.7 Å². The van der Waals surface area contributed by atoms with Crippen molar-refractivity contribution in [3.8, 4) is 0 Å². The summed E-state index contributed by atoms with van der Waals surface area (Å²) in [6, 6.07) is 5.69. The van der Waals surface area contributed by atoms with Crippen LogP contribution in [0.15, 0.2) is 24.3 Å². The van der Waals surface area contributed by atoms with Crippen LogP contribution in [0.25, 0.3) is 0 Å². The zero-order valence-electron chi connectivity index (χ0n) is 14.0. The van der Waals surface area contributed by atoms with Gasteiger partial charge in [0, 0.05) is 11.7 Å². The number of hydrogen-bond donors (Lipinski definition) is 2. The van der Waals surface area contributed by atoms with Crippen LogP contribution in [-0.4, -0.2) is 34.7 Å². The number of amides is 2. The summed E-state index contributed by atoms with van der Waals surface area (Å²) in [5, 5.41) is 13.9. The van der Waals surface area contributed by atoms with Crippen LogP contribution in [-0.2, 0) is 16.1 Å². The smallest absolute Gasteiger partial charge is 0.286 e. The summed E-state index contributed by atoms with van der Waals surface area (Å²) in [5.41, 5.74) is 0.466. The van der Waals surface area contributed by atoms with Crippen molar-refractivity contribution in [3.63, 3.8) is 0 Å². The molecular weight excluding hydrogens is 359 g/mol. The summed E-state index contributed by atoms with van der Waals surface area (Å²) in [4.78, 5) is 23.9. The molecule has 1 heterocycles. The van der Waals surface area contributed by atoms with E-state index < -0.39 is 5.91 Å². The zero-order chi connectivity index (χ0) is 18.4. The van der Waals surface area contributed by atoms with Gasteiger partial charge in [0.05, 0.1) is 0 Å². The monoisotopic (exact) mass is 378 g/mol. The Bertz CT molecular complexity index is 760. The van der Waals surface area contributed by atoms with Crippen molar-refractivity contribution in [2.75, 3.05) is 11.9 Å². The molecule has 9 heteroatoms. The van der Waals surface area contributed by atoms with Gasteiger partial charge in [-0.3, -0.25) is 9.59 Å². The third kappa shape index (κ3) is 5.30. The Morgan fingerprint density at radius 1 is 1.19 bits per heavy atom. The van der Waals surface area contributed by atoms with Crippen molar-refractivity contribution in [2.24, 2.45) is 0 Å². The first-order chi connectivity index (χ1) is 12.6. The van der Waals surface area contributed by atoms with Crippen LogP contribution >= 0.6 is 11.3 Å². The van der Waals surface area contributed by atoms with Crippen molar-refractivity contribution in [2.45, 2.75) is 38.3 Å². The highest BCUT2D eigenvalue weighted by atomic mass is 32.1. The van der Waals surface area contributed by atoms with Gasteiger partial charge in [0.25, 0.3) is 5.91 Å². The van der Waals surface area contributed by atoms with Crippen LogP contribution in [0.3, 0.4) is 0 Å². The van der Waals surface area contributed by atoms with Crippen LogP contribution in [0, 0.1) is 5.82 Å². The lowest BCUT2D eigenvalue weighted by atomic mass is 10.2. The maximum Gasteiger partial charge on any atom is 0.286 e. The Morgan fingerprint density at radius 2 is 1.92 bits per heavy atom. The molecule has 1 fully saturated rings. The Balaban J connectivity index is 1.42. The molecule has 0 radical (unpaired) electrons. The van der Waals surface area contributed by atoms with E-state index >= 15 is 0 Å². The molecule has 2 amide bonds. The Morgan fingerprint density at radius 3 is 2.65 bits per heavy atom. The van der Waals surface area contributed by atoms with E-state index in [0.717, 1.165) is 37.0 Å². The first-order valence-corrected chi connectivity index (χ1v) is 9.18. The minimum Gasteiger partial charge on any atom is -0.364 e. The number of aromatic nitrogens is 2. The fraction of sp³-hybridized carbons (Fsp3) is 0.412. The van der Waals surface area contributed by atoms with Gasteiger partial charge in [-0.2, -0.15) is 0 Å². The summed E-state index contributed by atoms with van der Waals surface area (Å²) in [6.45, 7) is 0.0623. The average Bonchev–Trinajstić information content (AvgIpc) is 3.29. The van der Waals surface area contributed by atoms with Gasteiger partial charge in [-0.05, 0) is 37.1 Å². The molecule has 0 aliphatic heterocycles. The molecule has 2 aromatic rings. The summed E-state index contributed by atoms with van der Waals surface area (Å²) < 4.78 is 18.2. The number of ether oxygens (including phenoxy) is 1. The molecule has 1 aliphatic carbocycles. The quantitative estimate of drug-likeness (QED) is 0.772. The predicted molar refractivity (Wildman–Crippen MR) is 94.3 cm³/mol. The minimum atomic E-state index is -0.431. The highest BCUT2D eigenvalue weighted by Gasteiger charge is 2.17. The van der Waals surface area contributed by atoms with Crippen LogP contribution in [0.2, 0.25) is 0 Å². The van der Waals surface area contributed by atoms with E-state index in [2.05, 4.69) is 20.8 Å². The summed E-state index contributed by atoms with van der Waals surface area (Å²) in [6.07, 6.45) is 4.35. The normalized spacial score (nSPS) is 14.3. The van der Waals surface area contributed by atoms with Gasteiger partial charge in [0.1, 0.15) is 24.0 Å². The third-order valence-corrected chi connectivity index (χ3v) is 4.84. The molecule has 138 valence electrons. The van der Waals surface area contributed by atoms with E-state index in [-0.39, 0.29) is 36.0 Å². The van der Waals surface area contributed by atoms with E-state index in [1.54, 1.807) is 0 Å². The van der Waals surface area contributed by atoms with Gasteiger partial charge in [-0.1, -0.05) is 24.2 Å². The van der Waals surface area contributed by atoms with Gasteiger partial charge < -0.3 is 15.4 Å². The number of benzene rings is 1. The molecule has 1 aromatic carbocycles. The van der Waals surface area contributed by atoms with E-state index in [4.69, 9.17) is 4.74 Å². The van der Waals surface area contributed by atoms with Gasteiger partial charge in [0.2, 0.25) is 10.9 Å². The van der Waals surface area contributed by atoms with E-state index in [1.165, 1.54) is 24.3 Å². The van der Waals surface area contributed by atoms with Crippen molar-refractivity contribution in [1.82, 2.24) is 15.5 Å². The van der Waals surface area contributed by atoms with Crippen LogP contribution in [0.5, 0.6) is 0 Å². The maximum atomic E-state index is 12.9. The van der Waals surface area contributed by atoms with Crippen LogP contribution < -0.4 is 10.6 Å². The first kappa shape index (κ1) is 18.4. The topological polar surface area (TPSA) is 93.2 Å². The van der Waals surface area contributed by atoms with Gasteiger partial charge >= 0.3 is 0 Å². The number of nitrogens with one attached hydrogen (secondary N) is 2. The second-order valence-electron chi connectivity index (χ2n) is 6.00. The number of carbonyl (C=O) groups excluding carboxylic acids is 2. The summed E-state index contributed by atoms with van der Waals surface area (Å²) in [7, 11) is 0. The minimum absolute atomic E-state index is 0.0484. The van der Waals surface area contributed by atoms with E-state index in [1.807, 2.05) is 0 Å². The first-order valence-electron chi connectivity index (χ1n) is 8.36. The lowest BCUT2D eigenvalue weighted by Crippen LogP contribution is -2.35. The number of halogens is 1. The molecular formula is C17H19FN4O3S. The van der Waals surface area contributed by atoms with Crippen molar-refractivity contribution in [1.29, 1.82) is 0 Å². The Hall–Kier alpha value is -2.39. The molecule has 1 saturated carbocycles. The molecule has 1 aromatic heterocycles. The molecule has 0 unspecified atom stereocenters. The fourth-order valence-corrected chi connectivity index (χ4v) is 3.36. The molecule has 0 bridgehead atoms. The molecule has 0 spiro atoms. The second-order valence-corrected chi connectivity index (χ2v) is 7.07. The zero-order valence-corrected chi connectivity index (χ0v) is 14.9. The van der Waals surface area contributed by atoms with Gasteiger partial charge in [-0.15, -0.1) is 10.2 Å². The van der Waals surface area contributed by atoms with Crippen molar-refractivity contribution in [3.05, 3.63) is 40.1 Å². The van der Waals surface area contributed by atoms with Gasteiger partial charge in [-0.25, -0.2) is 4.39 Å². The molecule has 26 heavy (non-hydrogen) atoms. The lowest BCUT2D eigenvalue weighted by Gasteiger charge is -2.11. The van der Waals surface area contributed by atoms with E-state index in [9.17, 15) is 14.0 Å². The van der Waals surface area contributed by atoms with Gasteiger partial charge in [0.15, 0.2) is 0 Å². The number of hydrogen-bond acceptors (Lipinski definition) is 6. The number of anilines is 1. The predicted octanol–water partition coefficient (Wildman–Crippen LogP) is 2.50. The maximum absolute atomic E-state index is 12.9. The molecule has 0 atom stereocenters. The largest absolute Gasteiger partial charge is 0.364 e. The van der Waals surface area contributed by atoms with Crippen LogP contribution in [0.4, 0.5) is 10.1 Å². The van der Waals surface area contributed by atoms with Crippen molar-refractivity contribution >= 4 is 28.8 Å². The highest BCUT2D eigenvalue weighted by Crippen LogP contribution is 2.17. The second kappa shape index (κ2) is 8.81. The molecule has 0 saturated heterocycles. The SMILES string of the molecule is O=C(COCc1nnc(C(=O)Nc2ccc(F)cc2)s1)NC1CCCC1. The highest BCUT2D eigenvalue weighted by molar-refractivity contribution is 7.13. The average molecular weight is 378 g/mol. The molecule has 7 nitrogen and oxygen atoms in total. The Labute approximate surface area is 154 Å². The third-order valence-electron chi connectivity index (χ3n) is 3.94. The Kier molecular flexibility index (Phi) is 6.24. The standard InChI is InChI=1S/C17H19FN4O3S/c18-11-5-7-13(8-6-11)20-16(24)17-22-21-15(26-17)10-25-9-14(23)19-12-3-1-2-4-12/h5-8,12H,1-4,9-10H2,(H,19,23)(H,20,24). The molecule has 2 N–H and O–H groups in total. The number of rotatable bonds is 7. The summed E-state index contributed by atoms with van der Waals surface area (Å²) in [5.74, 6) is -0.953.